The van der Waals surface area contributed by atoms with E-state index in [1.165, 1.54) is 18.2 Å². The lowest BCUT2D eigenvalue weighted by Crippen LogP contribution is -2.34. The van der Waals surface area contributed by atoms with Gasteiger partial charge in [-0.05, 0) is 13.0 Å². The molecule has 0 radical (unpaired) electrons. The molecular weight excluding hydrogens is 188 g/mol. The standard InChI is InChI=1S/C8H8N2O4/c1-2-14-8-7(10(12)13)6(5-11)3-4-9-8/h3-4,7H,2H2,1H3. The Balaban J connectivity index is 3.03. The van der Waals surface area contributed by atoms with E-state index in [1.54, 1.807) is 6.92 Å². The molecule has 0 aliphatic carbocycles. The quantitative estimate of drug-likeness (QED) is 0.362. The zero-order valence-corrected chi connectivity index (χ0v) is 7.47. The van der Waals surface area contributed by atoms with Crippen LogP contribution >= 0.6 is 0 Å². The van der Waals surface area contributed by atoms with Gasteiger partial charge in [0.2, 0.25) is 0 Å². The number of rotatable bonds is 2. The summed E-state index contributed by atoms with van der Waals surface area (Å²) in [5.74, 6) is 1.43. The van der Waals surface area contributed by atoms with Crippen LogP contribution in [0.1, 0.15) is 6.92 Å². The molecule has 0 saturated heterocycles. The minimum Gasteiger partial charge on any atom is -0.476 e. The third kappa shape index (κ3) is 1.86. The van der Waals surface area contributed by atoms with Crippen molar-refractivity contribution in [2.45, 2.75) is 13.0 Å². The Morgan fingerprint density at radius 2 is 2.50 bits per heavy atom. The van der Waals surface area contributed by atoms with E-state index < -0.39 is 11.0 Å². The number of nitrogens with zero attached hydrogens (tertiary/aromatic N) is 2. The van der Waals surface area contributed by atoms with Crippen molar-refractivity contribution in [3.63, 3.8) is 0 Å². The number of hydrogen-bond acceptors (Lipinski definition) is 5. The van der Waals surface area contributed by atoms with Crippen molar-refractivity contribution in [2.24, 2.45) is 4.99 Å². The molecule has 74 valence electrons. The molecule has 0 saturated carbocycles. The lowest BCUT2D eigenvalue weighted by Gasteiger charge is -2.13. The predicted octanol–water partition coefficient (Wildman–Crippen LogP) is 0.352. The summed E-state index contributed by atoms with van der Waals surface area (Å²) in [5, 5.41) is 10.6. The van der Waals surface area contributed by atoms with Crippen LogP contribution in [-0.2, 0) is 9.53 Å². The lowest BCUT2D eigenvalue weighted by molar-refractivity contribution is -0.494. The van der Waals surface area contributed by atoms with Crippen molar-refractivity contribution in [2.75, 3.05) is 6.61 Å². The minimum absolute atomic E-state index is 0.0710. The van der Waals surface area contributed by atoms with Crippen LogP contribution in [0.4, 0.5) is 0 Å². The van der Waals surface area contributed by atoms with Crippen LogP contribution < -0.4 is 0 Å². The Morgan fingerprint density at radius 1 is 1.79 bits per heavy atom. The highest BCUT2D eigenvalue weighted by molar-refractivity contribution is 5.89. The number of carbonyl (C=O) groups excluding carboxylic acids is 1. The SMILES string of the molecule is CCOC1=NC=CC(=C=O)C1[N+](=O)[O-]. The lowest BCUT2D eigenvalue weighted by atomic mass is 10.1. The van der Waals surface area contributed by atoms with Crippen LogP contribution in [0.3, 0.4) is 0 Å². The summed E-state index contributed by atoms with van der Waals surface area (Å²) >= 11 is 0. The van der Waals surface area contributed by atoms with Crippen LogP contribution in [0, 0.1) is 10.1 Å². The summed E-state index contributed by atoms with van der Waals surface area (Å²) in [6.45, 7) is 1.95. The second-order valence-corrected chi connectivity index (χ2v) is 2.46. The second-order valence-electron chi connectivity index (χ2n) is 2.46. The van der Waals surface area contributed by atoms with Crippen LogP contribution in [0.5, 0.6) is 0 Å². The number of ether oxygens (including phenoxy) is 1. The molecule has 1 aliphatic heterocycles. The molecule has 0 N–H and O–H groups in total. The first-order valence-corrected chi connectivity index (χ1v) is 3.96. The number of nitro groups is 1. The summed E-state index contributed by atoms with van der Waals surface area (Å²) in [5.41, 5.74) is -0.0755. The van der Waals surface area contributed by atoms with Gasteiger partial charge < -0.3 is 4.74 Å². The van der Waals surface area contributed by atoms with Gasteiger partial charge in [0.1, 0.15) is 11.5 Å². The van der Waals surface area contributed by atoms with E-state index >= 15 is 0 Å². The Kier molecular flexibility index (Phi) is 3.14. The average Bonchev–Trinajstić information content (AvgIpc) is 2.17. The van der Waals surface area contributed by atoms with Crippen molar-refractivity contribution in [3.05, 3.63) is 28.0 Å². The Morgan fingerprint density at radius 3 is 3.00 bits per heavy atom. The summed E-state index contributed by atoms with van der Waals surface area (Å²) < 4.78 is 4.95. The zero-order valence-electron chi connectivity index (χ0n) is 7.47. The molecule has 0 amide bonds. The highest BCUT2D eigenvalue weighted by Crippen LogP contribution is 2.13. The summed E-state index contributed by atoms with van der Waals surface area (Å²) in [7, 11) is 0. The topological polar surface area (TPSA) is 81.8 Å². The molecule has 1 rings (SSSR count). The van der Waals surface area contributed by atoms with E-state index in [1.807, 2.05) is 0 Å². The summed E-state index contributed by atoms with van der Waals surface area (Å²) in [4.78, 5) is 24.1. The first-order valence-electron chi connectivity index (χ1n) is 3.96. The fourth-order valence-corrected chi connectivity index (χ4v) is 1.04. The number of hydrogen-bond donors (Lipinski definition) is 0. The molecule has 1 aliphatic rings. The molecule has 0 bridgehead atoms. The molecule has 0 aromatic heterocycles. The van der Waals surface area contributed by atoms with Crippen molar-refractivity contribution >= 4 is 11.8 Å². The third-order valence-corrected chi connectivity index (χ3v) is 1.61. The van der Waals surface area contributed by atoms with Crippen molar-refractivity contribution < 1.29 is 14.5 Å². The molecule has 6 nitrogen and oxygen atoms in total. The zero-order chi connectivity index (χ0) is 10.6. The molecule has 1 unspecified atom stereocenters. The molecular formula is C8H8N2O4. The minimum atomic E-state index is -1.32. The van der Waals surface area contributed by atoms with Crippen molar-refractivity contribution in [3.8, 4) is 0 Å². The number of aliphatic imine (C=N–C) groups is 1. The first-order chi connectivity index (χ1) is 6.70. The predicted molar refractivity (Wildman–Crippen MR) is 48.2 cm³/mol. The highest BCUT2D eigenvalue weighted by Gasteiger charge is 2.35. The van der Waals surface area contributed by atoms with Crippen LogP contribution in [0.15, 0.2) is 22.8 Å². The molecule has 1 atom stereocenters. The van der Waals surface area contributed by atoms with Gasteiger partial charge in [0.25, 0.3) is 5.90 Å². The Labute approximate surface area is 79.7 Å². The van der Waals surface area contributed by atoms with E-state index in [4.69, 9.17) is 4.74 Å². The fraction of sp³-hybridized carbons (Fsp3) is 0.375. The van der Waals surface area contributed by atoms with E-state index in [0.29, 0.717) is 0 Å². The summed E-state index contributed by atoms with van der Waals surface area (Å²) in [6.07, 6.45) is 2.54. The maximum absolute atomic E-state index is 10.6. The monoisotopic (exact) mass is 196 g/mol. The van der Waals surface area contributed by atoms with E-state index in [2.05, 4.69) is 4.99 Å². The fourth-order valence-electron chi connectivity index (χ4n) is 1.04. The maximum atomic E-state index is 10.6. The average molecular weight is 196 g/mol. The largest absolute Gasteiger partial charge is 0.476 e. The van der Waals surface area contributed by atoms with Gasteiger partial charge in [-0.1, -0.05) is 0 Å². The van der Waals surface area contributed by atoms with Gasteiger partial charge in [-0.3, -0.25) is 10.1 Å². The van der Waals surface area contributed by atoms with E-state index in [9.17, 15) is 14.9 Å². The highest BCUT2D eigenvalue weighted by atomic mass is 16.6. The molecule has 6 heteroatoms. The van der Waals surface area contributed by atoms with Crippen LogP contribution in [-0.4, -0.2) is 29.4 Å². The van der Waals surface area contributed by atoms with E-state index in [0.717, 1.165) is 0 Å². The molecule has 0 fully saturated rings. The Hall–Kier alpha value is -1.94. The first kappa shape index (κ1) is 10.1. The molecule has 0 aromatic rings. The van der Waals surface area contributed by atoms with Gasteiger partial charge in [-0.25, -0.2) is 9.79 Å². The van der Waals surface area contributed by atoms with E-state index in [-0.39, 0.29) is 18.1 Å². The van der Waals surface area contributed by atoms with Gasteiger partial charge in [0, 0.05) is 11.1 Å². The normalized spacial score (nSPS) is 19.9. The molecule has 0 spiro atoms. The maximum Gasteiger partial charge on any atom is 0.322 e. The van der Waals surface area contributed by atoms with Crippen LogP contribution in [0.2, 0.25) is 0 Å². The molecule has 1 heterocycles. The molecule has 14 heavy (non-hydrogen) atoms. The van der Waals surface area contributed by atoms with Gasteiger partial charge in [0.05, 0.1) is 6.61 Å². The second kappa shape index (κ2) is 4.34. The molecule has 0 aromatic carbocycles. The smallest absolute Gasteiger partial charge is 0.322 e. The van der Waals surface area contributed by atoms with Crippen molar-refractivity contribution in [1.82, 2.24) is 0 Å². The van der Waals surface area contributed by atoms with Gasteiger partial charge in [-0.2, -0.15) is 0 Å². The third-order valence-electron chi connectivity index (χ3n) is 1.61. The van der Waals surface area contributed by atoms with Gasteiger partial charge >= 0.3 is 6.04 Å². The van der Waals surface area contributed by atoms with Crippen molar-refractivity contribution in [1.29, 1.82) is 0 Å². The summed E-state index contributed by atoms with van der Waals surface area (Å²) in [6, 6.07) is -1.32. The Bertz CT molecular complexity index is 352. The van der Waals surface area contributed by atoms with Crippen LogP contribution in [0.25, 0.3) is 0 Å². The van der Waals surface area contributed by atoms with Gasteiger partial charge in [-0.15, -0.1) is 0 Å². The van der Waals surface area contributed by atoms with Gasteiger partial charge in [0.15, 0.2) is 0 Å².